The Kier molecular flexibility index (Phi) is 4.78. The maximum Gasteiger partial charge on any atom is 0.119 e. The van der Waals surface area contributed by atoms with Crippen LogP contribution in [0.1, 0.15) is 12.5 Å². The molecule has 96 valence electrons. The Morgan fingerprint density at radius 3 is 2.83 bits per heavy atom. The van der Waals surface area contributed by atoms with Crippen LogP contribution < -0.4 is 10.1 Å². The van der Waals surface area contributed by atoms with Crippen molar-refractivity contribution in [2.75, 3.05) is 13.2 Å². The second-order valence-corrected chi connectivity index (χ2v) is 4.04. The van der Waals surface area contributed by atoms with Crippen LogP contribution in [-0.2, 0) is 13.1 Å². The van der Waals surface area contributed by atoms with Crippen LogP contribution in [0.5, 0.6) is 5.75 Å². The molecule has 0 bridgehead atoms. The van der Waals surface area contributed by atoms with E-state index in [0.717, 1.165) is 25.4 Å². The molecule has 4 heteroatoms. The third-order valence-electron chi connectivity index (χ3n) is 2.63. The summed E-state index contributed by atoms with van der Waals surface area (Å²) >= 11 is 0. The second-order valence-electron chi connectivity index (χ2n) is 4.04. The summed E-state index contributed by atoms with van der Waals surface area (Å²) < 4.78 is 7.52. The van der Waals surface area contributed by atoms with Crippen LogP contribution in [0, 0.1) is 0 Å². The van der Waals surface area contributed by atoms with E-state index in [-0.39, 0.29) is 0 Å². The lowest BCUT2D eigenvalue weighted by molar-refractivity contribution is 0.313. The first-order valence-corrected chi connectivity index (χ1v) is 6.28. The van der Waals surface area contributed by atoms with Crippen molar-refractivity contribution in [2.24, 2.45) is 0 Å². The normalized spacial score (nSPS) is 10.5. The molecule has 0 aliphatic carbocycles. The van der Waals surface area contributed by atoms with Gasteiger partial charge in [0.2, 0.25) is 0 Å². The molecule has 0 aliphatic rings. The quantitative estimate of drug-likeness (QED) is 0.759. The number of hydrogen-bond donors (Lipinski definition) is 1. The second kappa shape index (κ2) is 6.81. The molecule has 0 amide bonds. The highest BCUT2D eigenvalue weighted by molar-refractivity contribution is 5.20. The van der Waals surface area contributed by atoms with Crippen molar-refractivity contribution in [3.05, 3.63) is 48.3 Å². The molecular weight excluding hydrogens is 226 g/mol. The maximum absolute atomic E-state index is 5.59. The minimum atomic E-state index is 0.673. The summed E-state index contributed by atoms with van der Waals surface area (Å²) in [4.78, 5) is 0. The molecule has 0 aliphatic heterocycles. The molecule has 0 saturated heterocycles. The number of nitrogens with one attached hydrogen (secondary N) is 1. The van der Waals surface area contributed by atoms with Crippen LogP contribution in [0.3, 0.4) is 0 Å². The van der Waals surface area contributed by atoms with E-state index in [0.29, 0.717) is 6.61 Å². The van der Waals surface area contributed by atoms with Gasteiger partial charge in [0.1, 0.15) is 12.4 Å². The molecule has 0 radical (unpaired) electrons. The summed E-state index contributed by atoms with van der Waals surface area (Å²) in [6.07, 6.45) is 3.96. The van der Waals surface area contributed by atoms with E-state index < -0.39 is 0 Å². The van der Waals surface area contributed by atoms with Gasteiger partial charge in [-0.05, 0) is 19.1 Å². The lowest BCUT2D eigenvalue weighted by atomic mass is 10.3. The highest BCUT2D eigenvalue weighted by Gasteiger charge is 1.96. The van der Waals surface area contributed by atoms with Crippen LogP contribution in [0.4, 0.5) is 0 Å². The predicted molar refractivity (Wildman–Crippen MR) is 71.5 cm³/mol. The van der Waals surface area contributed by atoms with Crippen molar-refractivity contribution in [2.45, 2.75) is 20.0 Å². The fourth-order valence-electron chi connectivity index (χ4n) is 1.66. The largest absolute Gasteiger partial charge is 0.492 e. The number of aromatic nitrogens is 2. The Morgan fingerprint density at radius 2 is 2.11 bits per heavy atom. The Morgan fingerprint density at radius 1 is 1.28 bits per heavy atom. The molecule has 1 aromatic carbocycles. The Balaban J connectivity index is 1.61. The standard InChI is InChI=1S/C14H19N3O/c1-2-17-12-13(11-16-17)10-15-8-9-18-14-6-4-3-5-7-14/h3-7,11-12,15H,2,8-10H2,1H3. The summed E-state index contributed by atoms with van der Waals surface area (Å²) in [6.45, 7) is 5.32. The van der Waals surface area contributed by atoms with Gasteiger partial charge < -0.3 is 10.1 Å². The fourth-order valence-corrected chi connectivity index (χ4v) is 1.66. The average Bonchev–Trinajstić information content (AvgIpc) is 2.87. The number of nitrogens with zero attached hydrogens (tertiary/aromatic N) is 2. The SMILES string of the molecule is CCn1cc(CNCCOc2ccccc2)cn1. The van der Waals surface area contributed by atoms with Crippen LogP contribution in [0.15, 0.2) is 42.7 Å². The van der Waals surface area contributed by atoms with E-state index in [1.54, 1.807) is 0 Å². The monoisotopic (exact) mass is 245 g/mol. The smallest absolute Gasteiger partial charge is 0.119 e. The van der Waals surface area contributed by atoms with Gasteiger partial charge in [-0.15, -0.1) is 0 Å². The summed E-state index contributed by atoms with van der Waals surface area (Å²) in [5.74, 6) is 0.915. The van der Waals surface area contributed by atoms with Crippen LogP contribution in [0.2, 0.25) is 0 Å². The van der Waals surface area contributed by atoms with Gasteiger partial charge in [0, 0.05) is 31.4 Å². The molecule has 0 saturated carbocycles. The van der Waals surface area contributed by atoms with Crippen molar-refractivity contribution >= 4 is 0 Å². The van der Waals surface area contributed by atoms with Crippen molar-refractivity contribution in [1.29, 1.82) is 0 Å². The summed E-state index contributed by atoms with van der Waals surface area (Å²) in [7, 11) is 0. The molecule has 1 aromatic heterocycles. The molecular formula is C14H19N3O. The van der Waals surface area contributed by atoms with E-state index >= 15 is 0 Å². The lowest BCUT2D eigenvalue weighted by Gasteiger charge is -2.06. The van der Waals surface area contributed by atoms with Gasteiger partial charge in [0.25, 0.3) is 0 Å². The van der Waals surface area contributed by atoms with E-state index in [1.807, 2.05) is 41.2 Å². The van der Waals surface area contributed by atoms with Gasteiger partial charge >= 0.3 is 0 Å². The number of aryl methyl sites for hydroxylation is 1. The molecule has 4 nitrogen and oxygen atoms in total. The number of ether oxygens (including phenoxy) is 1. The first kappa shape index (κ1) is 12.6. The van der Waals surface area contributed by atoms with Crippen molar-refractivity contribution in [3.8, 4) is 5.75 Å². The molecule has 2 aromatic rings. The fraction of sp³-hybridized carbons (Fsp3) is 0.357. The van der Waals surface area contributed by atoms with Gasteiger partial charge in [-0.2, -0.15) is 5.10 Å². The van der Waals surface area contributed by atoms with E-state index in [2.05, 4.69) is 23.5 Å². The lowest BCUT2D eigenvalue weighted by Crippen LogP contribution is -2.20. The van der Waals surface area contributed by atoms with Gasteiger partial charge in [0.15, 0.2) is 0 Å². The van der Waals surface area contributed by atoms with Crippen LogP contribution in [-0.4, -0.2) is 22.9 Å². The molecule has 1 N–H and O–H groups in total. The molecule has 2 rings (SSSR count). The minimum absolute atomic E-state index is 0.673. The van der Waals surface area contributed by atoms with E-state index in [4.69, 9.17) is 4.74 Å². The van der Waals surface area contributed by atoms with E-state index in [1.165, 1.54) is 5.56 Å². The molecule has 0 fully saturated rings. The zero-order chi connectivity index (χ0) is 12.6. The summed E-state index contributed by atoms with van der Waals surface area (Å²) in [6, 6.07) is 9.86. The molecule has 0 atom stereocenters. The van der Waals surface area contributed by atoms with Crippen molar-refractivity contribution in [1.82, 2.24) is 15.1 Å². The van der Waals surface area contributed by atoms with Crippen molar-refractivity contribution in [3.63, 3.8) is 0 Å². The zero-order valence-electron chi connectivity index (χ0n) is 10.7. The highest BCUT2D eigenvalue weighted by atomic mass is 16.5. The summed E-state index contributed by atoms with van der Waals surface area (Å²) in [5, 5.41) is 7.56. The summed E-state index contributed by atoms with van der Waals surface area (Å²) in [5.41, 5.74) is 1.21. The molecule has 0 spiro atoms. The Hall–Kier alpha value is -1.81. The van der Waals surface area contributed by atoms with Gasteiger partial charge in [-0.25, -0.2) is 0 Å². The van der Waals surface area contributed by atoms with Crippen LogP contribution >= 0.6 is 0 Å². The minimum Gasteiger partial charge on any atom is -0.492 e. The number of hydrogen-bond acceptors (Lipinski definition) is 3. The number of benzene rings is 1. The van der Waals surface area contributed by atoms with E-state index in [9.17, 15) is 0 Å². The predicted octanol–water partition coefficient (Wildman–Crippen LogP) is 2.07. The zero-order valence-corrected chi connectivity index (χ0v) is 10.7. The molecule has 1 heterocycles. The van der Waals surface area contributed by atoms with Gasteiger partial charge in [-0.3, -0.25) is 4.68 Å². The van der Waals surface area contributed by atoms with Crippen LogP contribution in [0.25, 0.3) is 0 Å². The topological polar surface area (TPSA) is 39.1 Å². The Bertz CT molecular complexity index is 453. The third-order valence-corrected chi connectivity index (χ3v) is 2.63. The van der Waals surface area contributed by atoms with Gasteiger partial charge in [0.05, 0.1) is 6.20 Å². The van der Waals surface area contributed by atoms with Crippen molar-refractivity contribution < 1.29 is 4.74 Å². The number of para-hydroxylation sites is 1. The third kappa shape index (κ3) is 3.89. The average molecular weight is 245 g/mol. The Labute approximate surface area is 108 Å². The van der Waals surface area contributed by atoms with Gasteiger partial charge in [-0.1, -0.05) is 18.2 Å². The first-order valence-electron chi connectivity index (χ1n) is 6.28. The maximum atomic E-state index is 5.59. The molecule has 0 unspecified atom stereocenters. The molecule has 18 heavy (non-hydrogen) atoms. The highest BCUT2D eigenvalue weighted by Crippen LogP contribution is 2.07. The number of rotatable bonds is 7. The first-order chi connectivity index (χ1) is 8.88.